The van der Waals surface area contributed by atoms with Crippen LogP contribution in [0.1, 0.15) is 23.7 Å². The van der Waals surface area contributed by atoms with Gasteiger partial charge in [0.2, 0.25) is 0 Å². The van der Waals surface area contributed by atoms with E-state index in [-0.39, 0.29) is 5.97 Å². The molecule has 0 radical (unpaired) electrons. The summed E-state index contributed by atoms with van der Waals surface area (Å²) >= 11 is 8.02. The third kappa shape index (κ3) is 4.14. The molecule has 0 aliphatic carbocycles. The van der Waals surface area contributed by atoms with E-state index in [0.29, 0.717) is 5.02 Å². The standard InChI is InChI=1S/C18H22ClN3O2S/c1-13-12-25-18(20-13)22-9-5-8-21(10-11-22)16(17(23)24-2)14-6-3-4-7-15(14)19/h3-4,6-7,12,16H,5,8-11H2,1-2H3. The summed E-state index contributed by atoms with van der Waals surface area (Å²) < 4.78 is 5.07. The van der Waals surface area contributed by atoms with Gasteiger partial charge in [0, 0.05) is 36.6 Å². The second kappa shape index (κ2) is 8.17. The van der Waals surface area contributed by atoms with Crippen molar-refractivity contribution in [3.8, 4) is 0 Å². The number of methoxy groups -OCH3 is 1. The Morgan fingerprint density at radius 3 is 2.76 bits per heavy atom. The molecule has 1 aliphatic rings. The second-order valence-electron chi connectivity index (χ2n) is 6.10. The number of ether oxygens (including phenoxy) is 1. The molecule has 1 atom stereocenters. The average molecular weight is 380 g/mol. The predicted octanol–water partition coefficient (Wildman–Crippen LogP) is 3.53. The molecule has 2 aromatic rings. The van der Waals surface area contributed by atoms with Gasteiger partial charge in [0.15, 0.2) is 5.13 Å². The van der Waals surface area contributed by atoms with E-state index in [1.54, 1.807) is 11.3 Å². The zero-order valence-electron chi connectivity index (χ0n) is 14.4. The van der Waals surface area contributed by atoms with E-state index in [0.717, 1.165) is 49.0 Å². The maximum atomic E-state index is 12.5. The molecule has 3 rings (SSSR count). The smallest absolute Gasteiger partial charge is 0.327 e. The maximum Gasteiger partial charge on any atom is 0.327 e. The Balaban J connectivity index is 1.80. The summed E-state index contributed by atoms with van der Waals surface area (Å²) in [7, 11) is 1.43. The SMILES string of the molecule is COC(=O)C(c1ccccc1Cl)N1CCCN(c2nc(C)cs2)CC1. The zero-order chi connectivity index (χ0) is 17.8. The van der Waals surface area contributed by atoms with Crippen LogP contribution in [0.4, 0.5) is 5.13 Å². The number of aromatic nitrogens is 1. The quantitative estimate of drug-likeness (QED) is 0.760. The van der Waals surface area contributed by atoms with Gasteiger partial charge in [0.1, 0.15) is 6.04 Å². The molecule has 0 amide bonds. The van der Waals surface area contributed by atoms with E-state index in [2.05, 4.69) is 20.2 Å². The molecule has 25 heavy (non-hydrogen) atoms. The van der Waals surface area contributed by atoms with Crippen molar-refractivity contribution >= 4 is 34.0 Å². The Hall–Kier alpha value is -1.63. The van der Waals surface area contributed by atoms with Gasteiger partial charge in [-0.3, -0.25) is 4.90 Å². The van der Waals surface area contributed by atoms with Crippen molar-refractivity contribution in [1.82, 2.24) is 9.88 Å². The van der Waals surface area contributed by atoms with Crippen molar-refractivity contribution in [1.29, 1.82) is 0 Å². The van der Waals surface area contributed by atoms with Crippen LogP contribution in [0, 0.1) is 6.92 Å². The highest BCUT2D eigenvalue weighted by atomic mass is 35.5. The maximum absolute atomic E-state index is 12.5. The number of anilines is 1. The highest BCUT2D eigenvalue weighted by molar-refractivity contribution is 7.13. The molecule has 2 heterocycles. The number of benzene rings is 1. The fourth-order valence-corrected chi connectivity index (χ4v) is 4.25. The summed E-state index contributed by atoms with van der Waals surface area (Å²) in [6, 6.07) is 7.01. The lowest BCUT2D eigenvalue weighted by molar-refractivity contribution is -0.147. The van der Waals surface area contributed by atoms with Crippen LogP contribution >= 0.6 is 22.9 Å². The van der Waals surface area contributed by atoms with E-state index < -0.39 is 6.04 Å². The van der Waals surface area contributed by atoms with Crippen LogP contribution in [0.15, 0.2) is 29.6 Å². The molecule has 1 aromatic carbocycles. The minimum absolute atomic E-state index is 0.272. The fraction of sp³-hybridized carbons (Fsp3) is 0.444. The third-order valence-corrected chi connectivity index (χ3v) is 5.76. The molecule has 0 N–H and O–H groups in total. The molecule has 5 nitrogen and oxygen atoms in total. The number of thiazole rings is 1. The number of esters is 1. The first-order valence-electron chi connectivity index (χ1n) is 8.33. The highest BCUT2D eigenvalue weighted by Crippen LogP contribution is 2.30. The van der Waals surface area contributed by atoms with Crippen molar-refractivity contribution in [2.45, 2.75) is 19.4 Å². The molecular formula is C18H22ClN3O2S. The van der Waals surface area contributed by atoms with Crippen molar-refractivity contribution < 1.29 is 9.53 Å². The lowest BCUT2D eigenvalue weighted by Crippen LogP contribution is -2.38. The largest absolute Gasteiger partial charge is 0.468 e. The number of carbonyl (C=O) groups is 1. The topological polar surface area (TPSA) is 45.7 Å². The Morgan fingerprint density at radius 1 is 1.28 bits per heavy atom. The molecule has 0 saturated carbocycles. The number of hydrogen-bond donors (Lipinski definition) is 0. The Bertz CT molecular complexity index is 737. The molecule has 0 spiro atoms. The zero-order valence-corrected chi connectivity index (χ0v) is 16.0. The minimum atomic E-state index is -0.475. The van der Waals surface area contributed by atoms with Gasteiger partial charge in [-0.1, -0.05) is 29.8 Å². The number of aryl methyl sites for hydroxylation is 1. The van der Waals surface area contributed by atoms with E-state index in [4.69, 9.17) is 16.3 Å². The number of halogens is 1. The molecule has 1 unspecified atom stereocenters. The lowest BCUT2D eigenvalue weighted by atomic mass is 10.0. The van der Waals surface area contributed by atoms with E-state index in [1.807, 2.05) is 31.2 Å². The van der Waals surface area contributed by atoms with E-state index in [9.17, 15) is 4.79 Å². The molecular weight excluding hydrogens is 358 g/mol. The number of carbonyl (C=O) groups excluding carboxylic acids is 1. The molecule has 1 aliphatic heterocycles. The Morgan fingerprint density at radius 2 is 2.08 bits per heavy atom. The van der Waals surface area contributed by atoms with Crippen molar-refractivity contribution in [3.05, 3.63) is 45.9 Å². The van der Waals surface area contributed by atoms with E-state index >= 15 is 0 Å². The summed E-state index contributed by atoms with van der Waals surface area (Å²) in [4.78, 5) is 21.5. The monoisotopic (exact) mass is 379 g/mol. The van der Waals surface area contributed by atoms with Crippen LogP contribution < -0.4 is 4.90 Å². The first kappa shape index (κ1) is 18.2. The molecule has 7 heteroatoms. The van der Waals surface area contributed by atoms with Gasteiger partial charge in [-0.2, -0.15) is 0 Å². The van der Waals surface area contributed by atoms with Crippen LogP contribution in [-0.4, -0.2) is 49.1 Å². The predicted molar refractivity (Wildman–Crippen MR) is 101 cm³/mol. The fourth-order valence-electron chi connectivity index (χ4n) is 3.15. The Labute approximate surface area is 157 Å². The van der Waals surface area contributed by atoms with Gasteiger partial charge in [0.05, 0.1) is 12.8 Å². The van der Waals surface area contributed by atoms with Crippen LogP contribution in [-0.2, 0) is 9.53 Å². The highest BCUT2D eigenvalue weighted by Gasteiger charge is 2.31. The Kier molecular flexibility index (Phi) is 5.93. The summed E-state index contributed by atoms with van der Waals surface area (Å²) in [6.07, 6.45) is 0.955. The second-order valence-corrected chi connectivity index (χ2v) is 7.34. The molecule has 0 bridgehead atoms. The molecule has 1 fully saturated rings. The number of hydrogen-bond acceptors (Lipinski definition) is 6. The molecule has 1 saturated heterocycles. The van der Waals surface area contributed by atoms with Gasteiger partial charge in [-0.25, -0.2) is 9.78 Å². The van der Waals surface area contributed by atoms with Crippen molar-refractivity contribution in [2.24, 2.45) is 0 Å². The average Bonchev–Trinajstić information content (AvgIpc) is 2.90. The number of nitrogens with zero attached hydrogens (tertiary/aromatic N) is 3. The normalized spacial score (nSPS) is 17.2. The van der Waals surface area contributed by atoms with Crippen molar-refractivity contribution in [2.75, 3.05) is 38.2 Å². The van der Waals surface area contributed by atoms with Gasteiger partial charge < -0.3 is 9.64 Å². The first-order chi connectivity index (χ1) is 12.1. The van der Waals surface area contributed by atoms with Crippen LogP contribution in [0.2, 0.25) is 5.02 Å². The van der Waals surface area contributed by atoms with Crippen LogP contribution in [0.5, 0.6) is 0 Å². The summed E-state index contributed by atoms with van der Waals surface area (Å²) in [5.74, 6) is -0.272. The number of rotatable bonds is 4. The van der Waals surface area contributed by atoms with E-state index in [1.165, 1.54) is 7.11 Å². The van der Waals surface area contributed by atoms with Crippen molar-refractivity contribution in [3.63, 3.8) is 0 Å². The van der Waals surface area contributed by atoms with Gasteiger partial charge in [-0.05, 0) is 25.0 Å². The lowest BCUT2D eigenvalue weighted by Gasteiger charge is -2.29. The third-order valence-electron chi connectivity index (χ3n) is 4.40. The van der Waals surface area contributed by atoms with Crippen LogP contribution in [0.3, 0.4) is 0 Å². The van der Waals surface area contributed by atoms with Gasteiger partial charge in [0.25, 0.3) is 0 Å². The minimum Gasteiger partial charge on any atom is -0.468 e. The van der Waals surface area contributed by atoms with Gasteiger partial charge >= 0.3 is 5.97 Å². The molecule has 1 aromatic heterocycles. The summed E-state index contributed by atoms with van der Waals surface area (Å²) in [5, 5.41) is 3.71. The van der Waals surface area contributed by atoms with Crippen LogP contribution in [0.25, 0.3) is 0 Å². The summed E-state index contributed by atoms with van der Waals surface area (Å²) in [5.41, 5.74) is 1.85. The molecule has 134 valence electrons. The summed E-state index contributed by atoms with van der Waals surface area (Å²) in [6.45, 7) is 5.33. The van der Waals surface area contributed by atoms with Gasteiger partial charge in [-0.15, -0.1) is 11.3 Å². The first-order valence-corrected chi connectivity index (χ1v) is 9.59.